The van der Waals surface area contributed by atoms with Crippen LogP contribution in [0.15, 0.2) is 0 Å². The number of hydrogen-bond acceptors (Lipinski definition) is 2. The van der Waals surface area contributed by atoms with E-state index in [2.05, 4.69) is 39.3 Å². The first kappa shape index (κ1) is 13.0. The van der Waals surface area contributed by atoms with Crippen molar-refractivity contribution >= 4 is 32.8 Å². The quantitative estimate of drug-likeness (QED) is 0.538. The van der Waals surface area contributed by atoms with E-state index in [1.807, 2.05) is 0 Å². The molecule has 0 saturated heterocycles. The van der Waals surface area contributed by atoms with Gasteiger partial charge in [0.1, 0.15) is 16.2 Å². The van der Waals surface area contributed by atoms with Gasteiger partial charge in [-0.3, -0.25) is 0 Å². The van der Waals surface area contributed by atoms with E-state index in [0.717, 1.165) is 16.2 Å². The zero-order valence-corrected chi connectivity index (χ0v) is 12.5. The molecule has 0 aromatic carbocycles. The van der Waals surface area contributed by atoms with Crippen molar-refractivity contribution in [2.24, 2.45) is 0 Å². The van der Waals surface area contributed by atoms with Gasteiger partial charge in [-0.15, -0.1) is 0 Å². The molecule has 0 saturated carbocycles. The van der Waals surface area contributed by atoms with Crippen molar-refractivity contribution in [3.63, 3.8) is 0 Å². The van der Waals surface area contributed by atoms with Crippen LogP contribution in [0.25, 0.3) is 0 Å². The summed E-state index contributed by atoms with van der Waals surface area (Å²) in [5, 5.41) is 0. The van der Waals surface area contributed by atoms with Crippen LogP contribution in [0.3, 0.4) is 0 Å². The summed E-state index contributed by atoms with van der Waals surface area (Å²) in [5.41, 5.74) is 0. The predicted molar refractivity (Wildman–Crippen MR) is 62.7 cm³/mol. The molecule has 0 bridgehead atoms. The lowest BCUT2D eigenvalue weighted by Crippen LogP contribution is -2.20. The molecule has 0 aliphatic heterocycles. The third-order valence-corrected chi connectivity index (χ3v) is 7.43. The smallest absolute Gasteiger partial charge is 0.197 e. The lowest BCUT2D eigenvalue weighted by Gasteiger charge is -2.13. The fourth-order valence-corrected chi connectivity index (χ4v) is 7.51. The Labute approximate surface area is 80.9 Å². The van der Waals surface area contributed by atoms with Crippen LogP contribution in [0, 0.1) is 0 Å². The van der Waals surface area contributed by atoms with E-state index in [4.69, 9.17) is 8.43 Å². The first-order valence-corrected chi connectivity index (χ1v) is 13.1. The Morgan fingerprint density at radius 1 is 0.667 bits per heavy atom. The Bertz CT molecular complexity index is 142. The van der Waals surface area contributed by atoms with Crippen LogP contribution in [-0.4, -0.2) is 16.6 Å². The third-order valence-electron chi connectivity index (χ3n) is 0.663. The van der Waals surface area contributed by atoms with Crippen LogP contribution in [0.1, 0.15) is 0 Å². The molecular weight excluding hydrogens is 222 g/mol. The molecule has 0 unspecified atom stereocenters. The van der Waals surface area contributed by atoms with Crippen molar-refractivity contribution in [3.05, 3.63) is 0 Å². The largest absolute Gasteiger partial charge is 0.364 e. The normalized spacial score (nSPS) is 14.2. The van der Waals surface area contributed by atoms with Gasteiger partial charge in [-0.05, 0) is 39.3 Å². The predicted octanol–water partition coefficient (Wildman–Crippen LogP) is 4.33. The van der Waals surface area contributed by atoms with Crippen LogP contribution >= 0.6 is 16.2 Å². The fourth-order valence-electron chi connectivity index (χ4n) is 0.278. The van der Waals surface area contributed by atoms with E-state index in [1.54, 1.807) is 0 Å². The van der Waals surface area contributed by atoms with Gasteiger partial charge in [-0.1, -0.05) is 0 Å². The molecule has 0 rings (SSSR count). The molecule has 0 aliphatic rings. The van der Waals surface area contributed by atoms with Gasteiger partial charge >= 0.3 is 0 Å². The standard InChI is InChI=1S/C6H18O2P2Si2/c1-11(2,3)7-9-10-8-12(4,5)6/h1-6H3. The molecule has 2 nitrogen and oxygen atoms in total. The highest BCUT2D eigenvalue weighted by Crippen LogP contribution is 2.26. The molecule has 0 heterocycles. The van der Waals surface area contributed by atoms with Gasteiger partial charge in [0.15, 0.2) is 16.6 Å². The van der Waals surface area contributed by atoms with E-state index >= 15 is 0 Å². The van der Waals surface area contributed by atoms with Gasteiger partial charge < -0.3 is 8.43 Å². The Morgan fingerprint density at radius 3 is 1.08 bits per heavy atom. The molecule has 0 atom stereocenters. The Kier molecular flexibility index (Phi) is 5.39. The molecule has 0 aliphatic carbocycles. The van der Waals surface area contributed by atoms with E-state index in [-0.39, 0.29) is 0 Å². The summed E-state index contributed by atoms with van der Waals surface area (Å²) >= 11 is 0. The lowest BCUT2D eigenvalue weighted by molar-refractivity contribution is 0.633. The van der Waals surface area contributed by atoms with Crippen molar-refractivity contribution in [1.82, 2.24) is 0 Å². The molecule has 0 amide bonds. The molecule has 0 aromatic rings. The zero-order valence-electron chi connectivity index (χ0n) is 8.71. The average molecular weight is 240 g/mol. The second-order valence-corrected chi connectivity index (χ2v) is 15.8. The van der Waals surface area contributed by atoms with Gasteiger partial charge in [0.05, 0.1) is 0 Å². The van der Waals surface area contributed by atoms with Crippen molar-refractivity contribution in [1.29, 1.82) is 0 Å². The highest BCUT2D eigenvalue weighted by atomic mass is 31.7. The van der Waals surface area contributed by atoms with Crippen LogP contribution in [0.4, 0.5) is 0 Å². The van der Waals surface area contributed by atoms with Crippen LogP contribution in [0.2, 0.25) is 39.3 Å². The Balaban J connectivity index is 3.66. The molecule has 0 radical (unpaired) electrons. The summed E-state index contributed by atoms with van der Waals surface area (Å²) in [6.07, 6.45) is 0. The monoisotopic (exact) mass is 240 g/mol. The van der Waals surface area contributed by atoms with Crippen LogP contribution in [0.5, 0.6) is 0 Å². The first-order valence-electron chi connectivity index (χ1n) is 3.97. The van der Waals surface area contributed by atoms with Crippen molar-refractivity contribution < 1.29 is 8.43 Å². The minimum absolute atomic E-state index is 0.969. The summed E-state index contributed by atoms with van der Waals surface area (Å²) in [6, 6.07) is 0. The highest BCUT2D eigenvalue weighted by Gasteiger charge is 2.15. The Morgan fingerprint density at radius 2 is 0.917 bits per heavy atom. The van der Waals surface area contributed by atoms with Crippen molar-refractivity contribution in [3.8, 4) is 0 Å². The molecule has 6 heteroatoms. The Hall–Kier alpha value is 0.954. The third kappa shape index (κ3) is 11.0. The van der Waals surface area contributed by atoms with Gasteiger partial charge in [-0.2, -0.15) is 0 Å². The molecule has 0 N–H and O–H groups in total. The van der Waals surface area contributed by atoms with Crippen LogP contribution in [-0.2, 0) is 8.43 Å². The molecular formula is C6H18O2P2Si2. The van der Waals surface area contributed by atoms with E-state index in [0.29, 0.717) is 0 Å². The first-order chi connectivity index (χ1) is 5.21. The van der Waals surface area contributed by atoms with Crippen molar-refractivity contribution in [2.45, 2.75) is 39.3 Å². The molecule has 72 valence electrons. The summed E-state index contributed by atoms with van der Waals surface area (Å²) in [6.45, 7) is 13.1. The second kappa shape index (κ2) is 4.99. The second-order valence-electron chi connectivity index (χ2n) is 4.57. The van der Waals surface area contributed by atoms with Gasteiger partial charge in [0, 0.05) is 0 Å². The molecule has 0 fully saturated rings. The average Bonchev–Trinajstić information content (AvgIpc) is 1.76. The highest BCUT2D eigenvalue weighted by molar-refractivity contribution is 7.79. The number of hydrogen-bond donors (Lipinski definition) is 0. The summed E-state index contributed by atoms with van der Waals surface area (Å²) in [7, 11) is -0.738. The summed E-state index contributed by atoms with van der Waals surface area (Å²) in [5.74, 6) is 0. The van der Waals surface area contributed by atoms with E-state index < -0.39 is 16.6 Å². The van der Waals surface area contributed by atoms with Gasteiger partial charge in [0.2, 0.25) is 0 Å². The minimum Gasteiger partial charge on any atom is -0.364 e. The molecule has 12 heavy (non-hydrogen) atoms. The van der Waals surface area contributed by atoms with Crippen molar-refractivity contribution in [2.75, 3.05) is 0 Å². The minimum atomic E-state index is -1.34. The SMILES string of the molecule is C[Si](C)(C)OP=PO[Si](C)(C)C. The maximum absolute atomic E-state index is 5.62. The molecule has 0 spiro atoms. The van der Waals surface area contributed by atoms with E-state index in [1.165, 1.54) is 0 Å². The van der Waals surface area contributed by atoms with E-state index in [9.17, 15) is 0 Å². The maximum atomic E-state index is 5.62. The zero-order chi connectivity index (χ0) is 9.83. The fraction of sp³-hybridized carbons (Fsp3) is 1.00. The number of rotatable bonds is 4. The molecule has 0 aromatic heterocycles. The van der Waals surface area contributed by atoms with Crippen LogP contribution < -0.4 is 0 Å². The maximum Gasteiger partial charge on any atom is 0.197 e. The summed E-state index contributed by atoms with van der Waals surface area (Å²) in [4.78, 5) is 0. The lowest BCUT2D eigenvalue weighted by atomic mass is 11.8. The van der Waals surface area contributed by atoms with Gasteiger partial charge in [0.25, 0.3) is 0 Å². The van der Waals surface area contributed by atoms with Gasteiger partial charge in [-0.25, -0.2) is 0 Å². The summed E-state index contributed by atoms with van der Waals surface area (Å²) < 4.78 is 11.2. The topological polar surface area (TPSA) is 18.5 Å².